The number of aliphatic hydroxyl groups excluding tert-OH is 1. The lowest BCUT2D eigenvalue weighted by molar-refractivity contribution is 0.0903. The molecule has 1 amide bonds. The molecule has 0 radical (unpaired) electrons. The molecule has 27 heavy (non-hydrogen) atoms. The second-order valence-electron chi connectivity index (χ2n) is 7.34. The zero-order valence-corrected chi connectivity index (χ0v) is 16.2. The summed E-state index contributed by atoms with van der Waals surface area (Å²) < 4.78 is 0. The Morgan fingerprint density at radius 1 is 1.11 bits per heavy atom. The van der Waals surface area contributed by atoms with Crippen molar-refractivity contribution < 1.29 is 9.90 Å². The van der Waals surface area contributed by atoms with Gasteiger partial charge in [0.05, 0.1) is 6.61 Å². The third-order valence-corrected chi connectivity index (χ3v) is 5.18. The summed E-state index contributed by atoms with van der Waals surface area (Å²) in [6.45, 7) is 2.76. The molecule has 2 aromatic carbocycles. The molecule has 0 saturated carbocycles. The van der Waals surface area contributed by atoms with Crippen molar-refractivity contribution in [3.8, 4) is 11.1 Å². The Balaban J connectivity index is 1.60. The van der Waals surface area contributed by atoms with Crippen molar-refractivity contribution in [3.63, 3.8) is 0 Å². The van der Waals surface area contributed by atoms with Crippen LogP contribution in [0.3, 0.4) is 0 Å². The van der Waals surface area contributed by atoms with Gasteiger partial charge in [-0.1, -0.05) is 24.3 Å². The molecule has 0 spiro atoms. The summed E-state index contributed by atoms with van der Waals surface area (Å²) in [5.74, 6) is -0.01000. The van der Waals surface area contributed by atoms with Gasteiger partial charge in [-0.15, -0.1) is 0 Å². The minimum absolute atomic E-state index is 0.01000. The number of nitrogens with zero attached hydrogens (tertiary/aromatic N) is 2. The van der Waals surface area contributed by atoms with Gasteiger partial charge in [0.25, 0.3) is 5.91 Å². The lowest BCUT2D eigenvalue weighted by Gasteiger charge is -2.31. The van der Waals surface area contributed by atoms with Crippen LogP contribution in [0.2, 0.25) is 0 Å². The molecule has 3 rings (SSSR count). The number of hydrogen-bond acceptors (Lipinski definition) is 4. The number of carbonyl (C=O) groups is 1. The average molecular weight is 367 g/mol. The standard InChI is InChI=1S/C22H29N3O2/c1-24(2)21-5-3-4-19(16-21)17-6-8-18(9-7-17)22(27)23-20-10-12-25(13-11-20)14-15-26/h3-9,16,20,26H,10-15H2,1-2H3,(H,23,27). The fourth-order valence-electron chi connectivity index (χ4n) is 3.49. The smallest absolute Gasteiger partial charge is 0.251 e. The van der Waals surface area contributed by atoms with E-state index < -0.39 is 0 Å². The van der Waals surface area contributed by atoms with Crippen LogP contribution in [0.5, 0.6) is 0 Å². The van der Waals surface area contributed by atoms with Gasteiger partial charge in [0.2, 0.25) is 0 Å². The van der Waals surface area contributed by atoms with E-state index in [1.54, 1.807) is 0 Å². The second-order valence-corrected chi connectivity index (χ2v) is 7.34. The number of benzene rings is 2. The first-order valence-electron chi connectivity index (χ1n) is 9.58. The van der Waals surface area contributed by atoms with E-state index in [2.05, 4.69) is 39.4 Å². The maximum atomic E-state index is 12.5. The van der Waals surface area contributed by atoms with E-state index in [4.69, 9.17) is 5.11 Å². The zero-order chi connectivity index (χ0) is 19.2. The van der Waals surface area contributed by atoms with E-state index >= 15 is 0 Å². The van der Waals surface area contributed by atoms with E-state index in [0.29, 0.717) is 5.56 Å². The van der Waals surface area contributed by atoms with Gasteiger partial charge >= 0.3 is 0 Å². The van der Waals surface area contributed by atoms with Crippen LogP contribution in [0.15, 0.2) is 48.5 Å². The first-order chi connectivity index (χ1) is 13.1. The van der Waals surface area contributed by atoms with Gasteiger partial charge in [-0.25, -0.2) is 0 Å². The highest BCUT2D eigenvalue weighted by molar-refractivity contribution is 5.94. The molecule has 1 saturated heterocycles. The fraction of sp³-hybridized carbons (Fsp3) is 0.409. The van der Waals surface area contributed by atoms with Crippen LogP contribution in [0.25, 0.3) is 11.1 Å². The predicted molar refractivity (Wildman–Crippen MR) is 110 cm³/mol. The van der Waals surface area contributed by atoms with Gasteiger partial charge in [-0.2, -0.15) is 0 Å². The fourth-order valence-corrected chi connectivity index (χ4v) is 3.49. The van der Waals surface area contributed by atoms with Crippen LogP contribution in [0, 0.1) is 0 Å². The Morgan fingerprint density at radius 2 is 1.81 bits per heavy atom. The SMILES string of the molecule is CN(C)c1cccc(-c2ccc(C(=O)NC3CCN(CCO)CC3)cc2)c1. The van der Waals surface area contributed by atoms with E-state index in [0.717, 1.165) is 49.3 Å². The number of aliphatic hydroxyl groups is 1. The first-order valence-corrected chi connectivity index (χ1v) is 9.58. The Labute approximate surface area is 161 Å². The van der Waals surface area contributed by atoms with Crippen molar-refractivity contribution >= 4 is 11.6 Å². The van der Waals surface area contributed by atoms with Gasteiger partial charge in [0.15, 0.2) is 0 Å². The Hall–Kier alpha value is -2.37. The minimum atomic E-state index is -0.01000. The second kappa shape index (κ2) is 9.02. The van der Waals surface area contributed by atoms with Crippen LogP contribution >= 0.6 is 0 Å². The molecule has 1 aliphatic rings. The Kier molecular flexibility index (Phi) is 6.48. The van der Waals surface area contributed by atoms with E-state index in [9.17, 15) is 4.79 Å². The van der Waals surface area contributed by atoms with Gasteiger partial charge in [-0.05, 0) is 48.2 Å². The molecule has 5 nitrogen and oxygen atoms in total. The number of anilines is 1. The summed E-state index contributed by atoms with van der Waals surface area (Å²) in [7, 11) is 4.06. The molecule has 0 bridgehead atoms. The summed E-state index contributed by atoms with van der Waals surface area (Å²) >= 11 is 0. The van der Waals surface area contributed by atoms with Crippen LogP contribution in [0.4, 0.5) is 5.69 Å². The van der Waals surface area contributed by atoms with Crippen molar-refractivity contribution in [2.45, 2.75) is 18.9 Å². The highest BCUT2D eigenvalue weighted by atomic mass is 16.3. The molecule has 1 aliphatic heterocycles. The number of likely N-dealkylation sites (tertiary alicyclic amines) is 1. The monoisotopic (exact) mass is 367 g/mol. The molecular formula is C22H29N3O2. The third-order valence-electron chi connectivity index (χ3n) is 5.18. The molecule has 0 aromatic heterocycles. The van der Waals surface area contributed by atoms with Gasteiger partial charge in [0.1, 0.15) is 0 Å². The highest BCUT2D eigenvalue weighted by Gasteiger charge is 2.20. The number of rotatable bonds is 6. The molecule has 0 atom stereocenters. The van der Waals surface area contributed by atoms with Crippen molar-refractivity contribution in [3.05, 3.63) is 54.1 Å². The van der Waals surface area contributed by atoms with Crippen molar-refractivity contribution in [1.29, 1.82) is 0 Å². The summed E-state index contributed by atoms with van der Waals surface area (Å²) in [6.07, 6.45) is 1.86. The molecule has 1 heterocycles. The summed E-state index contributed by atoms with van der Waals surface area (Å²) in [5, 5.41) is 12.2. The quantitative estimate of drug-likeness (QED) is 0.824. The molecule has 2 N–H and O–H groups in total. The summed E-state index contributed by atoms with van der Waals surface area (Å²) in [4.78, 5) is 16.9. The lowest BCUT2D eigenvalue weighted by Crippen LogP contribution is -2.45. The number of hydrogen-bond donors (Lipinski definition) is 2. The molecule has 1 fully saturated rings. The Bertz CT molecular complexity index is 750. The van der Waals surface area contributed by atoms with Gasteiger partial charge in [-0.3, -0.25) is 4.79 Å². The first kappa shape index (κ1) is 19.4. The van der Waals surface area contributed by atoms with E-state index in [-0.39, 0.29) is 18.6 Å². The summed E-state index contributed by atoms with van der Waals surface area (Å²) in [6, 6.07) is 16.4. The number of amides is 1. The van der Waals surface area contributed by atoms with Gasteiger partial charge in [0, 0.05) is 51.0 Å². The highest BCUT2D eigenvalue weighted by Crippen LogP contribution is 2.24. The Morgan fingerprint density at radius 3 is 2.44 bits per heavy atom. The maximum Gasteiger partial charge on any atom is 0.251 e. The van der Waals surface area contributed by atoms with Crippen molar-refractivity contribution in [2.24, 2.45) is 0 Å². The van der Waals surface area contributed by atoms with Crippen molar-refractivity contribution in [1.82, 2.24) is 10.2 Å². The zero-order valence-electron chi connectivity index (χ0n) is 16.2. The van der Waals surface area contributed by atoms with Crippen molar-refractivity contribution in [2.75, 3.05) is 45.2 Å². The number of piperidine rings is 1. The third kappa shape index (κ3) is 5.08. The average Bonchev–Trinajstić information content (AvgIpc) is 2.70. The van der Waals surface area contributed by atoms with Crippen LogP contribution in [-0.4, -0.2) is 62.3 Å². The number of carbonyl (C=O) groups excluding carboxylic acids is 1. The van der Waals surface area contributed by atoms with E-state index in [1.807, 2.05) is 38.4 Å². The topological polar surface area (TPSA) is 55.8 Å². The van der Waals surface area contributed by atoms with Crippen LogP contribution < -0.4 is 10.2 Å². The normalized spacial score (nSPS) is 15.5. The molecular weight excluding hydrogens is 338 g/mol. The van der Waals surface area contributed by atoms with E-state index in [1.165, 1.54) is 0 Å². The van der Waals surface area contributed by atoms with Gasteiger partial charge < -0.3 is 20.2 Å². The maximum absolute atomic E-state index is 12.5. The number of β-amino-alcohol motifs (C(OH)–C–C–N with tert-alkyl or cyclic N) is 1. The summed E-state index contributed by atoms with van der Waals surface area (Å²) in [5.41, 5.74) is 4.10. The van der Waals surface area contributed by atoms with Crippen LogP contribution in [0.1, 0.15) is 23.2 Å². The molecule has 0 unspecified atom stereocenters. The molecule has 144 valence electrons. The lowest BCUT2D eigenvalue weighted by atomic mass is 10.0. The number of nitrogens with one attached hydrogen (secondary N) is 1. The van der Waals surface area contributed by atoms with Crippen LogP contribution in [-0.2, 0) is 0 Å². The molecule has 5 heteroatoms. The molecule has 2 aromatic rings. The predicted octanol–water partition coefficient (Wildman–Crippen LogP) is 2.61. The molecule has 0 aliphatic carbocycles. The minimum Gasteiger partial charge on any atom is -0.395 e. The largest absolute Gasteiger partial charge is 0.395 e.